The van der Waals surface area contributed by atoms with Crippen LogP contribution in [0.3, 0.4) is 0 Å². The number of ketones is 1. The number of ether oxygens (including phenoxy) is 1. The number of oxazole rings is 1. The Morgan fingerprint density at radius 2 is 1.77 bits per heavy atom. The van der Waals surface area contributed by atoms with Gasteiger partial charge in [0.05, 0.1) is 7.11 Å². The molecule has 158 valence electrons. The van der Waals surface area contributed by atoms with E-state index in [-0.39, 0.29) is 18.1 Å². The molecule has 0 radical (unpaired) electrons. The van der Waals surface area contributed by atoms with E-state index in [1.807, 2.05) is 36.4 Å². The summed E-state index contributed by atoms with van der Waals surface area (Å²) in [5.41, 5.74) is 1.24. The van der Waals surface area contributed by atoms with Crippen molar-refractivity contribution in [3.8, 4) is 5.75 Å². The zero-order valence-corrected chi connectivity index (χ0v) is 18.1. The van der Waals surface area contributed by atoms with Crippen molar-refractivity contribution in [2.24, 2.45) is 0 Å². The van der Waals surface area contributed by atoms with E-state index in [4.69, 9.17) is 20.8 Å². The van der Waals surface area contributed by atoms with E-state index < -0.39 is 5.60 Å². The van der Waals surface area contributed by atoms with E-state index in [0.717, 1.165) is 16.9 Å². The van der Waals surface area contributed by atoms with Crippen LogP contribution < -0.4 is 4.74 Å². The lowest BCUT2D eigenvalue weighted by Crippen LogP contribution is -2.21. The smallest absolute Gasteiger partial charge is 0.181 e. The second-order valence-electron chi connectivity index (χ2n) is 7.92. The molecular formula is C24H26ClNO4. The van der Waals surface area contributed by atoms with Crippen molar-refractivity contribution in [1.29, 1.82) is 0 Å². The Bertz CT molecular complexity index is 972. The molecule has 0 aliphatic carbocycles. The number of hydrogen-bond acceptors (Lipinski definition) is 5. The number of hydrogen-bond donors (Lipinski definition) is 1. The van der Waals surface area contributed by atoms with Gasteiger partial charge in [0.15, 0.2) is 6.39 Å². The van der Waals surface area contributed by atoms with Gasteiger partial charge in [0, 0.05) is 23.8 Å². The van der Waals surface area contributed by atoms with Crippen molar-refractivity contribution < 1.29 is 19.1 Å². The van der Waals surface area contributed by atoms with Crippen LogP contribution in [0.15, 0.2) is 59.3 Å². The first-order valence-electron chi connectivity index (χ1n) is 9.81. The number of halogens is 1. The number of carbonyl (C=O) groups excluding carboxylic acids is 1. The number of rotatable bonds is 9. The van der Waals surface area contributed by atoms with Gasteiger partial charge in [0.2, 0.25) is 0 Å². The summed E-state index contributed by atoms with van der Waals surface area (Å²) in [4.78, 5) is 17.1. The predicted molar refractivity (Wildman–Crippen MR) is 116 cm³/mol. The van der Waals surface area contributed by atoms with E-state index in [0.29, 0.717) is 29.3 Å². The third kappa shape index (κ3) is 5.71. The topological polar surface area (TPSA) is 72.6 Å². The van der Waals surface area contributed by atoms with Gasteiger partial charge in [-0.05, 0) is 55.7 Å². The average molecular weight is 428 g/mol. The molecule has 1 N–H and O–H groups in total. The molecule has 30 heavy (non-hydrogen) atoms. The summed E-state index contributed by atoms with van der Waals surface area (Å²) >= 11 is 5.94. The van der Waals surface area contributed by atoms with Crippen LogP contribution in [0.5, 0.6) is 5.75 Å². The molecule has 0 fully saturated rings. The monoisotopic (exact) mass is 427 g/mol. The highest BCUT2D eigenvalue weighted by Crippen LogP contribution is 2.33. The van der Waals surface area contributed by atoms with Crippen LogP contribution in [-0.4, -0.2) is 23.0 Å². The number of carbonyl (C=O) groups is 1. The van der Waals surface area contributed by atoms with Crippen molar-refractivity contribution in [3.63, 3.8) is 0 Å². The third-order valence-electron chi connectivity index (χ3n) is 4.97. The minimum atomic E-state index is -1.17. The van der Waals surface area contributed by atoms with Gasteiger partial charge in [-0.2, -0.15) is 0 Å². The standard InChI is InChI=1S/C24H26ClNO4/c1-24(2,28)23-22(30-15-26-23)18(12-16-6-10-21(29-3)11-7-16)14-20(27)13-17-4-8-19(25)9-5-17/h4-11,15,18,28H,12-14H2,1-3H3/t18-/m1/s1. The molecule has 0 aliphatic rings. The first kappa shape index (κ1) is 22.1. The molecule has 0 bridgehead atoms. The van der Waals surface area contributed by atoms with Crippen LogP contribution >= 0.6 is 11.6 Å². The van der Waals surface area contributed by atoms with E-state index in [2.05, 4.69) is 4.98 Å². The van der Waals surface area contributed by atoms with Gasteiger partial charge >= 0.3 is 0 Å². The second-order valence-corrected chi connectivity index (χ2v) is 8.36. The Morgan fingerprint density at radius 3 is 2.37 bits per heavy atom. The fraction of sp³-hybridized carbons (Fsp3) is 0.333. The molecular weight excluding hydrogens is 402 g/mol. The largest absolute Gasteiger partial charge is 0.497 e. The number of Topliss-reactive ketones (excluding diaryl/α,β-unsaturated/α-hetero) is 1. The number of nitrogens with zero attached hydrogens (tertiary/aromatic N) is 1. The van der Waals surface area contributed by atoms with E-state index in [1.54, 1.807) is 33.1 Å². The van der Waals surface area contributed by atoms with Crippen molar-refractivity contribution >= 4 is 17.4 Å². The molecule has 0 spiro atoms. The van der Waals surface area contributed by atoms with Gasteiger partial charge in [0.25, 0.3) is 0 Å². The summed E-state index contributed by atoms with van der Waals surface area (Å²) < 4.78 is 10.9. The number of aromatic nitrogens is 1. The SMILES string of the molecule is COc1ccc(C[C@H](CC(=O)Cc2ccc(Cl)cc2)c2ocnc2C(C)(C)O)cc1. The molecule has 0 saturated heterocycles. The van der Waals surface area contributed by atoms with Crippen LogP contribution in [-0.2, 0) is 23.2 Å². The maximum Gasteiger partial charge on any atom is 0.181 e. The minimum absolute atomic E-state index is 0.0777. The number of aliphatic hydroxyl groups is 1. The van der Waals surface area contributed by atoms with Gasteiger partial charge in [-0.25, -0.2) is 4.98 Å². The Hall–Kier alpha value is -2.63. The van der Waals surface area contributed by atoms with Crippen molar-refractivity contribution in [2.45, 2.75) is 44.6 Å². The number of methoxy groups -OCH3 is 1. The van der Waals surface area contributed by atoms with Crippen LogP contribution in [0.4, 0.5) is 0 Å². The molecule has 0 unspecified atom stereocenters. The van der Waals surface area contributed by atoms with Gasteiger partial charge in [-0.1, -0.05) is 35.9 Å². The second kappa shape index (κ2) is 9.45. The Balaban J connectivity index is 1.84. The van der Waals surface area contributed by atoms with E-state index >= 15 is 0 Å². The summed E-state index contributed by atoms with van der Waals surface area (Å²) in [7, 11) is 1.62. The maximum absolute atomic E-state index is 12.9. The van der Waals surface area contributed by atoms with Crippen LogP contribution in [0, 0.1) is 0 Å². The highest BCUT2D eigenvalue weighted by atomic mass is 35.5. The normalized spacial score (nSPS) is 12.6. The Morgan fingerprint density at radius 1 is 1.13 bits per heavy atom. The highest BCUT2D eigenvalue weighted by molar-refractivity contribution is 6.30. The Labute approximate surface area is 181 Å². The molecule has 6 heteroatoms. The molecule has 5 nitrogen and oxygen atoms in total. The zero-order chi connectivity index (χ0) is 21.7. The number of benzene rings is 2. The van der Waals surface area contributed by atoms with Crippen LogP contribution in [0.1, 0.15) is 48.8 Å². The quantitative estimate of drug-likeness (QED) is 0.514. The molecule has 0 saturated carbocycles. The van der Waals surface area contributed by atoms with Crippen molar-refractivity contribution in [3.05, 3.63) is 82.5 Å². The molecule has 1 atom stereocenters. The van der Waals surface area contributed by atoms with E-state index in [1.165, 1.54) is 6.39 Å². The fourth-order valence-corrected chi connectivity index (χ4v) is 3.61. The molecule has 2 aromatic carbocycles. The Kier molecular flexibility index (Phi) is 6.95. The zero-order valence-electron chi connectivity index (χ0n) is 17.4. The first-order valence-corrected chi connectivity index (χ1v) is 10.2. The van der Waals surface area contributed by atoms with Gasteiger partial charge in [0.1, 0.15) is 28.6 Å². The molecule has 0 amide bonds. The van der Waals surface area contributed by atoms with Gasteiger partial charge < -0.3 is 14.3 Å². The van der Waals surface area contributed by atoms with Gasteiger partial charge in [-0.3, -0.25) is 4.79 Å². The minimum Gasteiger partial charge on any atom is -0.497 e. The maximum atomic E-state index is 12.9. The van der Waals surface area contributed by atoms with Crippen molar-refractivity contribution in [2.75, 3.05) is 7.11 Å². The summed E-state index contributed by atoms with van der Waals surface area (Å²) in [5.74, 6) is 1.14. The first-order chi connectivity index (χ1) is 14.3. The highest BCUT2D eigenvalue weighted by Gasteiger charge is 2.30. The average Bonchev–Trinajstić information content (AvgIpc) is 3.20. The fourth-order valence-electron chi connectivity index (χ4n) is 3.48. The lowest BCUT2D eigenvalue weighted by Gasteiger charge is -2.21. The third-order valence-corrected chi connectivity index (χ3v) is 5.23. The summed E-state index contributed by atoms with van der Waals surface area (Å²) in [6.45, 7) is 3.32. The van der Waals surface area contributed by atoms with Crippen LogP contribution in [0.25, 0.3) is 0 Å². The lowest BCUT2D eigenvalue weighted by atomic mass is 9.87. The summed E-state index contributed by atoms with van der Waals surface area (Å²) in [6, 6.07) is 15.0. The van der Waals surface area contributed by atoms with Gasteiger partial charge in [-0.15, -0.1) is 0 Å². The predicted octanol–water partition coefficient (Wildman–Crippen LogP) is 5.09. The summed E-state index contributed by atoms with van der Waals surface area (Å²) in [6.07, 6.45) is 2.48. The molecule has 3 aromatic rings. The van der Waals surface area contributed by atoms with Crippen molar-refractivity contribution in [1.82, 2.24) is 4.98 Å². The molecule has 1 aromatic heterocycles. The molecule has 0 aliphatic heterocycles. The lowest BCUT2D eigenvalue weighted by molar-refractivity contribution is -0.118. The summed E-state index contributed by atoms with van der Waals surface area (Å²) in [5, 5.41) is 11.1. The van der Waals surface area contributed by atoms with Crippen LogP contribution in [0.2, 0.25) is 5.02 Å². The molecule has 1 heterocycles. The van der Waals surface area contributed by atoms with E-state index in [9.17, 15) is 9.90 Å². The molecule has 3 rings (SSSR count).